The van der Waals surface area contributed by atoms with Gasteiger partial charge in [-0.05, 0) is 41.7 Å². The number of nitrogens with zero attached hydrogens (tertiary/aromatic N) is 1. The Hall–Kier alpha value is -3.87. The summed E-state index contributed by atoms with van der Waals surface area (Å²) in [6.45, 7) is 5.63. The number of Topliss-reactive ketones (excluding diaryl/α,β-unsaturated/α-hetero) is 1. The second-order valence-electron chi connectivity index (χ2n) is 9.57. The monoisotopic (exact) mass is 442 g/mol. The number of hydrogen-bond acceptors (Lipinski definition) is 4. The van der Waals surface area contributed by atoms with Crippen molar-refractivity contribution in [3.63, 3.8) is 0 Å². The van der Waals surface area contributed by atoms with Crippen molar-refractivity contribution in [1.29, 1.82) is 0 Å². The molecule has 0 bridgehead atoms. The molecule has 2 heterocycles. The lowest BCUT2D eigenvalue weighted by atomic mass is 9.69. The molecular weight excluding hydrogens is 416 g/mol. The van der Waals surface area contributed by atoms with Crippen LogP contribution >= 0.6 is 0 Å². The van der Waals surface area contributed by atoms with Gasteiger partial charge in [0.05, 0.1) is 11.3 Å². The summed E-state index contributed by atoms with van der Waals surface area (Å²) in [7, 11) is 0. The van der Waals surface area contributed by atoms with Crippen molar-refractivity contribution in [3.8, 4) is 5.69 Å². The molecule has 0 saturated heterocycles. The molecule has 168 valence electrons. The van der Waals surface area contributed by atoms with Crippen molar-refractivity contribution in [2.24, 2.45) is 5.41 Å². The van der Waals surface area contributed by atoms with Gasteiger partial charge in [-0.1, -0.05) is 44.2 Å². The predicted octanol–water partition coefficient (Wildman–Crippen LogP) is 4.32. The first kappa shape index (κ1) is 21.0. The summed E-state index contributed by atoms with van der Waals surface area (Å²) in [4.78, 5) is 38.4. The van der Waals surface area contributed by atoms with Crippen molar-refractivity contribution in [2.45, 2.75) is 39.5 Å². The van der Waals surface area contributed by atoms with E-state index in [1.807, 2.05) is 42.5 Å². The maximum Gasteiger partial charge on any atom is 0.277 e. The van der Waals surface area contributed by atoms with Crippen LogP contribution < -0.4 is 16.2 Å². The van der Waals surface area contributed by atoms with Crippen LogP contribution in [-0.4, -0.2) is 21.5 Å². The Kier molecular flexibility index (Phi) is 4.85. The minimum atomic E-state index is -0.486. The number of H-pyrrole nitrogens is 1. The van der Waals surface area contributed by atoms with Gasteiger partial charge in [-0.2, -0.15) is 0 Å². The van der Waals surface area contributed by atoms with E-state index < -0.39 is 5.92 Å². The standard InChI is InChI=1S/C26H26N4O3/c1-15(31)27-17-11-9-16(10-12-17)21-22-19(13-26(2,3)14-20(22)32)28-24-23(21)25(33)30(29-24)18-7-5-4-6-8-18/h4-12,21,28-29H,13-14H2,1-3H3,(H,27,31)/t21-/m0/s1. The van der Waals surface area contributed by atoms with E-state index in [0.29, 0.717) is 35.5 Å². The highest BCUT2D eigenvalue weighted by Gasteiger charge is 2.42. The molecule has 1 aliphatic carbocycles. The first-order valence-corrected chi connectivity index (χ1v) is 11.0. The molecule has 1 amide bonds. The lowest BCUT2D eigenvalue weighted by Crippen LogP contribution is -2.35. The van der Waals surface area contributed by atoms with Gasteiger partial charge in [0.1, 0.15) is 5.82 Å². The Balaban J connectivity index is 1.69. The molecule has 33 heavy (non-hydrogen) atoms. The third-order valence-electron chi connectivity index (χ3n) is 6.28. The summed E-state index contributed by atoms with van der Waals surface area (Å²) in [5.41, 5.74) is 3.92. The number of anilines is 2. The first-order chi connectivity index (χ1) is 15.7. The number of aromatic amines is 1. The van der Waals surface area contributed by atoms with Crippen molar-refractivity contribution < 1.29 is 9.59 Å². The van der Waals surface area contributed by atoms with E-state index in [2.05, 4.69) is 29.6 Å². The summed E-state index contributed by atoms with van der Waals surface area (Å²) in [5, 5.41) is 9.36. The maximum absolute atomic E-state index is 13.6. The quantitative estimate of drug-likeness (QED) is 0.563. The van der Waals surface area contributed by atoms with E-state index in [1.54, 1.807) is 12.1 Å². The zero-order chi connectivity index (χ0) is 23.3. The zero-order valence-corrected chi connectivity index (χ0v) is 18.9. The minimum Gasteiger partial charge on any atom is -0.343 e. The fraction of sp³-hybridized carbons (Fsp3) is 0.269. The van der Waals surface area contributed by atoms with E-state index in [9.17, 15) is 14.4 Å². The highest BCUT2D eigenvalue weighted by Crippen LogP contribution is 2.47. The molecule has 5 rings (SSSR count). The molecule has 0 unspecified atom stereocenters. The number of para-hydroxylation sites is 1. The van der Waals surface area contributed by atoms with Gasteiger partial charge in [0, 0.05) is 36.2 Å². The lowest BCUT2D eigenvalue weighted by molar-refractivity contribution is -0.118. The Morgan fingerprint density at radius 1 is 1.03 bits per heavy atom. The molecule has 3 aromatic rings. The summed E-state index contributed by atoms with van der Waals surface area (Å²) in [5.74, 6) is 0.0316. The Labute approximate surface area is 191 Å². The van der Waals surface area contributed by atoms with Crippen LogP contribution in [0.4, 0.5) is 11.5 Å². The molecule has 0 saturated carbocycles. The molecule has 1 aromatic heterocycles. The first-order valence-electron chi connectivity index (χ1n) is 11.0. The van der Waals surface area contributed by atoms with Crippen LogP contribution in [0.2, 0.25) is 0 Å². The summed E-state index contributed by atoms with van der Waals surface area (Å²) < 4.78 is 1.52. The predicted molar refractivity (Wildman–Crippen MR) is 128 cm³/mol. The Morgan fingerprint density at radius 2 is 1.73 bits per heavy atom. The SMILES string of the molecule is CC(=O)Nc1ccc([C@H]2C3=C(CC(C)(C)CC3=O)Nc3[nH]n(-c4ccccc4)c(=O)c32)cc1. The van der Waals surface area contributed by atoms with Crippen molar-refractivity contribution >= 4 is 23.2 Å². The van der Waals surface area contributed by atoms with Crippen molar-refractivity contribution in [1.82, 2.24) is 9.78 Å². The van der Waals surface area contributed by atoms with Gasteiger partial charge in [0.15, 0.2) is 5.78 Å². The van der Waals surface area contributed by atoms with Crippen LogP contribution in [0.15, 0.2) is 70.7 Å². The third kappa shape index (κ3) is 3.69. The van der Waals surface area contributed by atoms with Crippen LogP contribution in [0, 0.1) is 5.41 Å². The molecule has 1 aliphatic heterocycles. The molecule has 0 spiro atoms. The number of ketones is 1. The average Bonchev–Trinajstić information content (AvgIpc) is 3.08. The lowest BCUT2D eigenvalue weighted by Gasteiger charge is -2.37. The Bertz CT molecular complexity index is 1340. The van der Waals surface area contributed by atoms with Gasteiger partial charge in [0.2, 0.25) is 5.91 Å². The number of carbonyl (C=O) groups excluding carboxylic acids is 2. The fourth-order valence-electron chi connectivity index (χ4n) is 4.94. The number of nitrogens with one attached hydrogen (secondary N) is 3. The number of fused-ring (bicyclic) bond motifs is 1. The molecule has 3 N–H and O–H groups in total. The van der Waals surface area contributed by atoms with Crippen molar-refractivity contribution in [3.05, 3.63) is 87.3 Å². The van der Waals surface area contributed by atoms with Gasteiger partial charge < -0.3 is 10.6 Å². The second-order valence-corrected chi connectivity index (χ2v) is 9.57. The van der Waals surface area contributed by atoms with Crippen LogP contribution in [0.5, 0.6) is 0 Å². The number of aromatic nitrogens is 2. The van der Waals surface area contributed by atoms with Gasteiger partial charge in [-0.25, -0.2) is 4.68 Å². The highest BCUT2D eigenvalue weighted by molar-refractivity contribution is 6.01. The third-order valence-corrected chi connectivity index (χ3v) is 6.28. The van der Waals surface area contributed by atoms with E-state index >= 15 is 0 Å². The number of hydrogen-bond donors (Lipinski definition) is 3. The van der Waals surface area contributed by atoms with Crippen LogP contribution in [0.1, 0.15) is 50.7 Å². The summed E-state index contributed by atoms with van der Waals surface area (Å²) >= 11 is 0. The largest absolute Gasteiger partial charge is 0.343 e. The van der Waals surface area contributed by atoms with Gasteiger partial charge in [-0.15, -0.1) is 0 Å². The number of rotatable bonds is 3. The molecule has 0 radical (unpaired) electrons. The van der Waals surface area contributed by atoms with Gasteiger partial charge in [-0.3, -0.25) is 19.5 Å². The number of allylic oxidation sites excluding steroid dienone is 2. The molecule has 7 nitrogen and oxygen atoms in total. The van der Waals surface area contributed by atoms with E-state index in [1.165, 1.54) is 11.6 Å². The minimum absolute atomic E-state index is 0.0576. The second kappa shape index (κ2) is 7.62. The van der Waals surface area contributed by atoms with Gasteiger partial charge >= 0.3 is 0 Å². The normalized spacial score (nSPS) is 18.9. The van der Waals surface area contributed by atoms with E-state index in [-0.39, 0.29) is 22.7 Å². The summed E-state index contributed by atoms with van der Waals surface area (Å²) in [6, 6.07) is 16.7. The molecular formula is C26H26N4O3. The molecule has 1 atom stereocenters. The molecule has 2 aromatic carbocycles. The smallest absolute Gasteiger partial charge is 0.277 e. The maximum atomic E-state index is 13.6. The van der Waals surface area contributed by atoms with E-state index in [0.717, 1.165) is 16.9 Å². The molecule has 0 fully saturated rings. The van der Waals surface area contributed by atoms with Crippen molar-refractivity contribution in [2.75, 3.05) is 10.6 Å². The zero-order valence-electron chi connectivity index (χ0n) is 18.9. The number of carbonyl (C=O) groups is 2. The van der Waals surface area contributed by atoms with Crippen LogP contribution in [0.3, 0.4) is 0 Å². The van der Waals surface area contributed by atoms with Crippen LogP contribution in [-0.2, 0) is 9.59 Å². The number of amides is 1. The summed E-state index contributed by atoms with van der Waals surface area (Å²) in [6.07, 6.45) is 1.15. The topological polar surface area (TPSA) is 96.0 Å². The highest BCUT2D eigenvalue weighted by atomic mass is 16.1. The average molecular weight is 443 g/mol. The van der Waals surface area contributed by atoms with Crippen LogP contribution in [0.25, 0.3) is 5.69 Å². The molecule has 7 heteroatoms. The molecule has 2 aliphatic rings. The fourth-order valence-corrected chi connectivity index (χ4v) is 4.94. The van der Waals surface area contributed by atoms with E-state index in [4.69, 9.17) is 0 Å². The Morgan fingerprint density at radius 3 is 2.39 bits per heavy atom. The van der Waals surface area contributed by atoms with Gasteiger partial charge in [0.25, 0.3) is 5.56 Å². The number of benzene rings is 2.